The number of amides is 1. The third-order valence-corrected chi connectivity index (χ3v) is 2.42. The minimum absolute atomic E-state index is 0.187. The number of nitrogens with one attached hydrogen (secondary N) is 1. The molecule has 6 nitrogen and oxygen atoms in total. The molecular weight excluding hydrogens is 234 g/mol. The van der Waals surface area contributed by atoms with Crippen LogP contribution in [-0.2, 0) is 4.79 Å². The van der Waals surface area contributed by atoms with Crippen LogP contribution in [0.5, 0.6) is 0 Å². The van der Waals surface area contributed by atoms with Gasteiger partial charge in [-0.25, -0.2) is 14.8 Å². The van der Waals surface area contributed by atoms with Crippen LogP contribution in [0, 0.1) is 19.8 Å². The van der Waals surface area contributed by atoms with Crippen LogP contribution in [0.4, 0.5) is 0 Å². The molecule has 0 radical (unpaired) electrons. The fraction of sp³-hybridized carbons (Fsp3) is 0.500. The molecule has 18 heavy (non-hydrogen) atoms. The van der Waals surface area contributed by atoms with Gasteiger partial charge in [-0.3, -0.25) is 4.79 Å². The summed E-state index contributed by atoms with van der Waals surface area (Å²) in [5.74, 6) is -1.27. The summed E-state index contributed by atoms with van der Waals surface area (Å²) in [4.78, 5) is 30.9. The first-order chi connectivity index (χ1) is 8.31. The van der Waals surface area contributed by atoms with Crippen molar-refractivity contribution in [2.45, 2.75) is 33.7 Å². The maximum absolute atomic E-state index is 11.9. The van der Waals surface area contributed by atoms with Crippen LogP contribution in [0.15, 0.2) is 6.07 Å². The molecule has 1 amide bonds. The lowest BCUT2D eigenvalue weighted by Gasteiger charge is -2.17. The van der Waals surface area contributed by atoms with Crippen molar-refractivity contribution in [1.82, 2.24) is 15.3 Å². The second-order valence-corrected chi connectivity index (χ2v) is 4.48. The molecule has 1 aromatic rings. The zero-order valence-corrected chi connectivity index (χ0v) is 10.9. The Balaban J connectivity index is 2.90. The summed E-state index contributed by atoms with van der Waals surface area (Å²) in [7, 11) is 0. The highest BCUT2D eigenvalue weighted by molar-refractivity contribution is 5.95. The molecule has 0 aliphatic heterocycles. The van der Waals surface area contributed by atoms with Gasteiger partial charge >= 0.3 is 5.97 Å². The zero-order chi connectivity index (χ0) is 13.9. The average molecular weight is 251 g/mol. The first kappa shape index (κ1) is 14.1. The molecule has 6 heteroatoms. The number of aliphatic carboxylic acids is 1. The average Bonchev–Trinajstić information content (AvgIpc) is 2.23. The Kier molecular flexibility index (Phi) is 4.36. The quantitative estimate of drug-likeness (QED) is 0.830. The van der Waals surface area contributed by atoms with Crippen LogP contribution in [-0.4, -0.2) is 33.0 Å². The molecule has 0 fully saturated rings. The van der Waals surface area contributed by atoms with Gasteiger partial charge in [0.05, 0.1) is 0 Å². The molecule has 0 unspecified atom stereocenters. The number of hydrogen-bond acceptors (Lipinski definition) is 4. The summed E-state index contributed by atoms with van der Waals surface area (Å²) < 4.78 is 0. The Bertz CT molecular complexity index is 451. The van der Waals surface area contributed by atoms with Crippen molar-refractivity contribution in [2.24, 2.45) is 5.92 Å². The highest BCUT2D eigenvalue weighted by Gasteiger charge is 2.24. The van der Waals surface area contributed by atoms with Crippen LogP contribution in [0.3, 0.4) is 0 Å². The smallest absolute Gasteiger partial charge is 0.326 e. The Morgan fingerprint density at radius 2 is 1.89 bits per heavy atom. The summed E-state index contributed by atoms with van der Waals surface area (Å²) >= 11 is 0. The van der Waals surface area contributed by atoms with Gasteiger partial charge < -0.3 is 10.4 Å². The normalized spacial score (nSPS) is 12.3. The predicted molar refractivity (Wildman–Crippen MR) is 65.2 cm³/mol. The second kappa shape index (κ2) is 5.57. The number of carboxylic acids is 1. The minimum Gasteiger partial charge on any atom is -0.480 e. The molecule has 98 valence electrons. The van der Waals surface area contributed by atoms with Crippen molar-refractivity contribution in [1.29, 1.82) is 0 Å². The second-order valence-electron chi connectivity index (χ2n) is 4.48. The highest BCUT2D eigenvalue weighted by atomic mass is 16.4. The van der Waals surface area contributed by atoms with E-state index in [0.29, 0.717) is 11.5 Å². The van der Waals surface area contributed by atoms with E-state index in [2.05, 4.69) is 15.3 Å². The van der Waals surface area contributed by atoms with E-state index < -0.39 is 17.9 Å². The van der Waals surface area contributed by atoms with Gasteiger partial charge in [-0.15, -0.1) is 0 Å². The Hall–Kier alpha value is -1.98. The summed E-state index contributed by atoms with van der Waals surface area (Å²) in [6.45, 7) is 6.90. The van der Waals surface area contributed by atoms with Crippen LogP contribution in [0.1, 0.15) is 35.9 Å². The van der Waals surface area contributed by atoms with Gasteiger partial charge in [0, 0.05) is 5.69 Å². The monoisotopic (exact) mass is 251 g/mol. The number of carboxylic acid groups (broad SMARTS) is 1. The fourth-order valence-electron chi connectivity index (χ4n) is 1.56. The van der Waals surface area contributed by atoms with Crippen LogP contribution < -0.4 is 5.32 Å². The SMILES string of the molecule is Cc1cc(C(=O)N[C@@H](C(=O)O)C(C)C)nc(C)n1. The lowest BCUT2D eigenvalue weighted by atomic mass is 10.0. The summed E-state index contributed by atoms with van der Waals surface area (Å²) in [5.41, 5.74) is 0.857. The van der Waals surface area contributed by atoms with Crippen molar-refractivity contribution in [3.8, 4) is 0 Å². The van der Waals surface area contributed by atoms with Gasteiger partial charge in [0.15, 0.2) is 0 Å². The van der Waals surface area contributed by atoms with Crippen molar-refractivity contribution >= 4 is 11.9 Å². The predicted octanol–water partition coefficient (Wildman–Crippen LogP) is 0.932. The van der Waals surface area contributed by atoms with Crippen molar-refractivity contribution in [2.75, 3.05) is 0 Å². The van der Waals surface area contributed by atoms with E-state index in [1.165, 1.54) is 6.07 Å². The first-order valence-corrected chi connectivity index (χ1v) is 5.67. The van der Waals surface area contributed by atoms with Crippen LogP contribution in [0.25, 0.3) is 0 Å². The third-order valence-electron chi connectivity index (χ3n) is 2.42. The van der Waals surface area contributed by atoms with E-state index in [0.717, 1.165) is 0 Å². The van der Waals surface area contributed by atoms with E-state index in [-0.39, 0.29) is 11.6 Å². The Morgan fingerprint density at radius 1 is 1.28 bits per heavy atom. The number of aromatic nitrogens is 2. The topological polar surface area (TPSA) is 92.2 Å². The first-order valence-electron chi connectivity index (χ1n) is 5.67. The maximum Gasteiger partial charge on any atom is 0.326 e. The number of hydrogen-bond donors (Lipinski definition) is 2. The van der Waals surface area contributed by atoms with Crippen molar-refractivity contribution < 1.29 is 14.7 Å². The number of carbonyl (C=O) groups excluding carboxylic acids is 1. The maximum atomic E-state index is 11.9. The van der Waals surface area contributed by atoms with Crippen molar-refractivity contribution in [3.05, 3.63) is 23.3 Å². The molecule has 0 aliphatic rings. The molecule has 0 aliphatic carbocycles. The number of rotatable bonds is 4. The van der Waals surface area contributed by atoms with Gasteiger partial charge in [-0.1, -0.05) is 13.8 Å². The minimum atomic E-state index is -1.05. The largest absolute Gasteiger partial charge is 0.480 e. The van der Waals surface area contributed by atoms with Crippen LogP contribution in [0.2, 0.25) is 0 Å². The number of aryl methyl sites for hydroxylation is 2. The summed E-state index contributed by atoms with van der Waals surface area (Å²) in [6, 6.07) is 0.606. The van der Waals surface area contributed by atoms with E-state index in [4.69, 9.17) is 5.11 Å². The molecule has 0 spiro atoms. The lowest BCUT2D eigenvalue weighted by Crippen LogP contribution is -2.44. The molecular formula is C12H17N3O3. The molecule has 1 rings (SSSR count). The summed E-state index contributed by atoms with van der Waals surface area (Å²) in [5, 5.41) is 11.5. The van der Waals surface area contributed by atoms with Gasteiger partial charge in [0.1, 0.15) is 17.6 Å². The number of nitrogens with zero attached hydrogens (tertiary/aromatic N) is 2. The van der Waals surface area contributed by atoms with Gasteiger partial charge in [0.25, 0.3) is 5.91 Å². The van der Waals surface area contributed by atoms with Gasteiger partial charge in [-0.05, 0) is 25.8 Å². The van der Waals surface area contributed by atoms with Gasteiger partial charge in [0.2, 0.25) is 0 Å². The molecule has 1 atom stereocenters. The van der Waals surface area contributed by atoms with E-state index in [9.17, 15) is 9.59 Å². The number of carbonyl (C=O) groups is 2. The Labute approximate surface area is 105 Å². The molecule has 0 bridgehead atoms. The molecule has 0 saturated carbocycles. The van der Waals surface area contributed by atoms with Crippen molar-refractivity contribution in [3.63, 3.8) is 0 Å². The molecule has 1 aromatic heterocycles. The lowest BCUT2D eigenvalue weighted by molar-refractivity contribution is -0.140. The summed E-state index contributed by atoms with van der Waals surface area (Å²) in [6.07, 6.45) is 0. The van der Waals surface area contributed by atoms with E-state index >= 15 is 0 Å². The van der Waals surface area contributed by atoms with E-state index in [1.54, 1.807) is 27.7 Å². The Morgan fingerprint density at radius 3 is 2.33 bits per heavy atom. The zero-order valence-electron chi connectivity index (χ0n) is 10.9. The van der Waals surface area contributed by atoms with E-state index in [1.807, 2.05) is 0 Å². The molecule has 2 N–H and O–H groups in total. The van der Waals surface area contributed by atoms with Crippen LogP contribution >= 0.6 is 0 Å². The molecule has 0 saturated heterocycles. The molecule has 1 heterocycles. The fourth-order valence-corrected chi connectivity index (χ4v) is 1.56. The molecule has 0 aromatic carbocycles. The van der Waals surface area contributed by atoms with Gasteiger partial charge in [-0.2, -0.15) is 0 Å². The third kappa shape index (κ3) is 3.51. The highest BCUT2D eigenvalue weighted by Crippen LogP contribution is 2.05. The standard InChI is InChI=1S/C12H17N3O3/c1-6(2)10(12(17)18)15-11(16)9-5-7(3)13-8(4)14-9/h5-6,10H,1-4H3,(H,15,16)(H,17,18)/t10-/m1/s1.